The van der Waals surface area contributed by atoms with Crippen LogP contribution in [0.1, 0.15) is 6.42 Å². The number of aryl methyl sites for hydroxylation is 1. The molecule has 1 fully saturated rings. The van der Waals surface area contributed by atoms with Gasteiger partial charge >= 0.3 is 0 Å². The van der Waals surface area contributed by atoms with Crippen molar-refractivity contribution in [2.75, 3.05) is 23.3 Å². The molecule has 11 heteroatoms. The lowest BCUT2D eigenvalue weighted by atomic mass is 9.86. The van der Waals surface area contributed by atoms with E-state index in [1.165, 1.54) is 0 Å². The quantitative estimate of drug-likeness (QED) is 0.495. The highest BCUT2D eigenvalue weighted by Crippen LogP contribution is 2.37. The van der Waals surface area contributed by atoms with Gasteiger partial charge in [-0.1, -0.05) is 0 Å². The van der Waals surface area contributed by atoms with E-state index in [9.17, 15) is 5.26 Å². The van der Waals surface area contributed by atoms with E-state index in [2.05, 4.69) is 52.5 Å². The van der Waals surface area contributed by atoms with Crippen LogP contribution in [0, 0.1) is 11.3 Å². The van der Waals surface area contributed by atoms with Crippen LogP contribution >= 0.6 is 15.9 Å². The molecule has 5 heterocycles. The lowest BCUT2D eigenvalue weighted by Crippen LogP contribution is -2.63. The topological polar surface area (TPSA) is 105 Å². The summed E-state index contributed by atoms with van der Waals surface area (Å²) in [6.45, 7) is 1.35. The average Bonchev–Trinajstić information content (AvgIpc) is 3.38. The number of anilines is 3. The number of nitrogens with one attached hydrogen (secondary N) is 1. The Hall–Kier alpha value is -3.39. The highest BCUT2D eigenvalue weighted by molar-refractivity contribution is 9.10. The summed E-state index contributed by atoms with van der Waals surface area (Å²) in [6, 6.07) is 6.27. The predicted octanol–water partition coefficient (Wildman–Crippen LogP) is 2.29. The second-order valence-electron chi connectivity index (χ2n) is 7.14. The number of nitrogens with zero attached hydrogens (tertiary/aromatic N) is 9. The molecule has 0 atom stereocenters. The minimum absolute atomic E-state index is 0.343. The number of pyridine rings is 1. The van der Waals surface area contributed by atoms with Gasteiger partial charge in [0.1, 0.15) is 5.54 Å². The van der Waals surface area contributed by atoms with Crippen LogP contribution in [0.15, 0.2) is 47.6 Å². The van der Waals surface area contributed by atoms with Gasteiger partial charge < -0.3 is 10.2 Å². The molecule has 0 spiro atoms. The molecule has 0 amide bonds. The Morgan fingerprint density at radius 2 is 2.14 bits per heavy atom. The number of fused-ring (bicyclic) bond motifs is 1. The van der Waals surface area contributed by atoms with Crippen molar-refractivity contribution >= 4 is 38.9 Å². The van der Waals surface area contributed by atoms with Gasteiger partial charge in [0.25, 0.3) is 0 Å². The minimum Gasteiger partial charge on any atom is -0.363 e. The monoisotopic (exact) mass is 452 g/mol. The molecule has 5 rings (SSSR count). The fraction of sp³-hybridized carbons (Fsp3) is 0.278. The van der Waals surface area contributed by atoms with Crippen LogP contribution in [0.25, 0.3) is 5.65 Å². The molecule has 0 radical (unpaired) electrons. The molecular weight excluding hydrogens is 436 g/mol. The predicted molar refractivity (Wildman–Crippen MR) is 110 cm³/mol. The third-order valence-electron chi connectivity index (χ3n) is 5.06. The molecule has 0 saturated carbocycles. The molecule has 1 N–H and O–H groups in total. The Balaban J connectivity index is 1.43. The van der Waals surface area contributed by atoms with Crippen LogP contribution in [0.4, 0.5) is 17.3 Å². The van der Waals surface area contributed by atoms with Crippen LogP contribution in [0.5, 0.6) is 0 Å². The molecule has 1 aliphatic rings. The highest BCUT2D eigenvalue weighted by Gasteiger charge is 2.46. The van der Waals surface area contributed by atoms with Crippen molar-refractivity contribution in [1.29, 1.82) is 5.26 Å². The standard InChI is InChI=1S/C18H17BrN10/c1-26-10-14(8-21-26)23-17-24-16-15(3-2-6-28(16)25-17)27-11-18(12-27,4-5-20)29-9-13(19)7-22-29/h2-3,6-10H,4,11-12H2,1H3,(H,23,25). The van der Waals surface area contributed by atoms with Gasteiger partial charge in [-0.25, -0.2) is 4.52 Å². The normalized spacial score (nSPS) is 15.3. The van der Waals surface area contributed by atoms with Gasteiger partial charge in [0.05, 0.1) is 40.7 Å². The maximum Gasteiger partial charge on any atom is 0.247 e. The molecule has 146 valence electrons. The molecular formula is C18H17BrN10. The molecule has 4 aromatic rings. The molecule has 0 aliphatic carbocycles. The SMILES string of the molecule is Cn1cc(Nc2nc3c(N4CC(CC#N)(n5cc(Br)cn5)C4)cccn3n2)cn1. The summed E-state index contributed by atoms with van der Waals surface area (Å²) in [4.78, 5) is 6.86. The number of nitriles is 1. The molecule has 4 aromatic heterocycles. The molecule has 0 unspecified atom stereocenters. The van der Waals surface area contributed by atoms with E-state index in [-0.39, 0.29) is 5.54 Å². The first kappa shape index (κ1) is 17.7. The Morgan fingerprint density at radius 3 is 2.83 bits per heavy atom. The fourth-order valence-electron chi connectivity index (χ4n) is 3.69. The summed E-state index contributed by atoms with van der Waals surface area (Å²) in [5.74, 6) is 0.505. The van der Waals surface area contributed by atoms with Crippen molar-refractivity contribution in [3.8, 4) is 6.07 Å². The van der Waals surface area contributed by atoms with Gasteiger partial charge in [0, 0.05) is 38.7 Å². The number of halogens is 1. The van der Waals surface area contributed by atoms with Gasteiger partial charge in [0.2, 0.25) is 5.95 Å². The van der Waals surface area contributed by atoms with Gasteiger partial charge in [-0.2, -0.15) is 20.4 Å². The lowest BCUT2D eigenvalue weighted by Gasteiger charge is -2.50. The maximum absolute atomic E-state index is 9.35. The maximum atomic E-state index is 9.35. The van der Waals surface area contributed by atoms with Crippen molar-refractivity contribution in [3.63, 3.8) is 0 Å². The molecule has 1 aliphatic heterocycles. The summed E-state index contributed by atoms with van der Waals surface area (Å²) >= 11 is 3.44. The smallest absolute Gasteiger partial charge is 0.247 e. The zero-order valence-corrected chi connectivity index (χ0v) is 17.2. The van der Waals surface area contributed by atoms with Crippen LogP contribution in [-0.2, 0) is 12.6 Å². The van der Waals surface area contributed by atoms with Crippen LogP contribution in [0.2, 0.25) is 0 Å². The zero-order chi connectivity index (χ0) is 20.0. The molecule has 29 heavy (non-hydrogen) atoms. The number of rotatable bonds is 5. The summed E-state index contributed by atoms with van der Waals surface area (Å²) in [7, 11) is 1.86. The number of hydrogen-bond donors (Lipinski definition) is 1. The Morgan fingerprint density at radius 1 is 1.28 bits per heavy atom. The number of hydrogen-bond acceptors (Lipinski definition) is 7. The van der Waals surface area contributed by atoms with Gasteiger partial charge in [-0.15, -0.1) is 5.10 Å². The van der Waals surface area contributed by atoms with Crippen molar-refractivity contribution in [3.05, 3.63) is 47.6 Å². The van der Waals surface area contributed by atoms with Gasteiger partial charge in [0.15, 0.2) is 5.65 Å². The minimum atomic E-state index is -0.343. The Labute approximate surface area is 174 Å². The van der Waals surface area contributed by atoms with E-state index in [4.69, 9.17) is 0 Å². The van der Waals surface area contributed by atoms with Gasteiger partial charge in [-0.3, -0.25) is 9.36 Å². The first-order valence-corrected chi connectivity index (χ1v) is 9.79. The third kappa shape index (κ3) is 3.01. The Kier molecular flexibility index (Phi) is 4.02. The Bertz CT molecular complexity index is 1220. The largest absolute Gasteiger partial charge is 0.363 e. The third-order valence-corrected chi connectivity index (χ3v) is 5.47. The van der Waals surface area contributed by atoms with E-state index in [1.807, 2.05) is 42.5 Å². The van der Waals surface area contributed by atoms with E-state index in [1.54, 1.807) is 21.6 Å². The molecule has 0 bridgehead atoms. The summed E-state index contributed by atoms with van der Waals surface area (Å²) in [6.07, 6.45) is 9.51. The first-order chi connectivity index (χ1) is 14.1. The van der Waals surface area contributed by atoms with E-state index >= 15 is 0 Å². The lowest BCUT2D eigenvalue weighted by molar-refractivity contribution is 0.198. The summed E-state index contributed by atoms with van der Waals surface area (Å²) < 4.78 is 6.25. The molecule has 0 aromatic carbocycles. The first-order valence-electron chi connectivity index (χ1n) is 9.00. The van der Waals surface area contributed by atoms with E-state index in [0.29, 0.717) is 25.5 Å². The summed E-state index contributed by atoms with van der Waals surface area (Å²) in [5.41, 5.74) is 2.21. The van der Waals surface area contributed by atoms with Crippen molar-refractivity contribution in [1.82, 2.24) is 34.2 Å². The van der Waals surface area contributed by atoms with E-state index < -0.39 is 0 Å². The van der Waals surface area contributed by atoms with Crippen LogP contribution in [-0.4, -0.2) is 47.2 Å². The average molecular weight is 453 g/mol. The number of aromatic nitrogens is 7. The molecule has 1 saturated heterocycles. The van der Waals surface area contributed by atoms with Crippen molar-refractivity contribution < 1.29 is 0 Å². The van der Waals surface area contributed by atoms with Crippen LogP contribution in [0.3, 0.4) is 0 Å². The van der Waals surface area contributed by atoms with Crippen LogP contribution < -0.4 is 10.2 Å². The second-order valence-corrected chi connectivity index (χ2v) is 8.06. The second kappa shape index (κ2) is 6.59. The van der Waals surface area contributed by atoms with E-state index in [0.717, 1.165) is 21.5 Å². The van der Waals surface area contributed by atoms with Gasteiger partial charge in [-0.05, 0) is 28.1 Å². The van der Waals surface area contributed by atoms with Crippen molar-refractivity contribution in [2.24, 2.45) is 7.05 Å². The van der Waals surface area contributed by atoms with Crippen molar-refractivity contribution in [2.45, 2.75) is 12.0 Å². The molecule has 10 nitrogen and oxygen atoms in total. The zero-order valence-electron chi connectivity index (χ0n) is 15.6. The fourth-order valence-corrected chi connectivity index (χ4v) is 3.97. The summed E-state index contributed by atoms with van der Waals surface area (Å²) in [5, 5.41) is 25.6. The highest BCUT2D eigenvalue weighted by atomic mass is 79.9.